The van der Waals surface area contributed by atoms with E-state index in [2.05, 4.69) is 0 Å². The normalized spacial score (nSPS) is 20.8. The van der Waals surface area contributed by atoms with Crippen LogP contribution in [0.2, 0.25) is 0 Å². The Morgan fingerprint density at radius 1 is 1.43 bits per heavy atom. The number of nitrogens with zero attached hydrogens (tertiary/aromatic N) is 2. The Bertz CT molecular complexity index is 610. The molecule has 2 rings (SSSR count). The van der Waals surface area contributed by atoms with E-state index in [1.165, 1.54) is 29.0 Å². The SMILES string of the molecule is COc1ccc(C(=O)N2C[C@@H](O)[C@@H](N(C)CC(=O)O)C2)cc1F. The number of ether oxygens (including phenoxy) is 1. The number of methoxy groups -OCH3 is 1. The monoisotopic (exact) mass is 326 g/mol. The molecule has 0 spiro atoms. The summed E-state index contributed by atoms with van der Waals surface area (Å²) in [6.45, 7) is 0.0133. The number of rotatable bonds is 5. The second-order valence-corrected chi connectivity index (χ2v) is 5.50. The van der Waals surface area contributed by atoms with Crippen LogP contribution in [0.15, 0.2) is 18.2 Å². The fraction of sp³-hybridized carbons (Fsp3) is 0.467. The molecule has 0 saturated carbocycles. The lowest BCUT2D eigenvalue weighted by Crippen LogP contribution is -2.43. The Balaban J connectivity index is 2.09. The highest BCUT2D eigenvalue weighted by atomic mass is 19.1. The van der Waals surface area contributed by atoms with Crippen molar-refractivity contribution in [2.75, 3.05) is 33.8 Å². The molecule has 1 aliphatic rings. The first-order chi connectivity index (χ1) is 10.8. The van der Waals surface area contributed by atoms with E-state index >= 15 is 0 Å². The molecular weight excluding hydrogens is 307 g/mol. The van der Waals surface area contributed by atoms with Crippen molar-refractivity contribution in [3.05, 3.63) is 29.6 Å². The summed E-state index contributed by atoms with van der Waals surface area (Å²) in [5.41, 5.74) is 0.150. The van der Waals surface area contributed by atoms with Crippen LogP contribution in [0.5, 0.6) is 5.75 Å². The van der Waals surface area contributed by atoms with E-state index in [1.807, 2.05) is 0 Å². The van der Waals surface area contributed by atoms with Gasteiger partial charge in [-0.1, -0.05) is 0 Å². The summed E-state index contributed by atoms with van der Waals surface area (Å²) in [7, 11) is 2.91. The van der Waals surface area contributed by atoms with Gasteiger partial charge in [-0.15, -0.1) is 0 Å². The molecule has 1 heterocycles. The number of halogens is 1. The van der Waals surface area contributed by atoms with E-state index in [4.69, 9.17) is 9.84 Å². The molecule has 7 nitrogen and oxygen atoms in total. The largest absolute Gasteiger partial charge is 0.494 e. The predicted octanol–water partition coefficient (Wildman–Crippen LogP) is 0.0360. The van der Waals surface area contributed by atoms with Gasteiger partial charge in [0.25, 0.3) is 5.91 Å². The fourth-order valence-electron chi connectivity index (χ4n) is 2.68. The number of likely N-dealkylation sites (N-methyl/N-ethyl adjacent to an activating group) is 1. The van der Waals surface area contributed by atoms with E-state index in [0.29, 0.717) is 0 Å². The first kappa shape index (κ1) is 17.2. The molecule has 0 aliphatic carbocycles. The number of hydrogen-bond donors (Lipinski definition) is 2. The van der Waals surface area contributed by atoms with Gasteiger partial charge in [0.1, 0.15) is 0 Å². The second-order valence-electron chi connectivity index (χ2n) is 5.50. The minimum Gasteiger partial charge on any atom is -0.494 e. The molecule has 2 atom stereocenters. The molecule has 0 aromatic heterocycles. The maximum Gasteiger partial charge on any atom is 0.317 e. The Morgan fingerprint density at radius 2 is 2.13 bits per heavy atom. The number of β-amino-alcohol motifs (C(OH)–C–C–N with tert-alkyl or cyclic N) is 1. The predicted molar refractivity (Wildman–Crippen MR) is 78.9 cm³/mol. The first-order valence-electron chi connectivity index (χ1n) is 7.06. The molecule has 0 bridgehead atoms. The van der Waals surface area contributed by atoms with Crippen molar-refractivity contribution in [2.24, 2.45) is 0 Å². The molecule has 1 aliphatic heterocycles. The van der Waals surface area contributed by atoms with Gasteiger partial charge < -0.3 is 19.8 Å². The number of aliphatic hydroxyl groups is 1. The number of carbonyl (C=O) groups excluding carboxylic acids is 1. The molecule has 1 saturated heterocycles. The summed E-state index contributed by atoms with van der Waals surface area (Å²) in [6.07, 6.45) is -0.855. The summed E-state index contributed by atoms with van der Waals surface area (Å²) in [6, 6.07) is 3.42. The summed E-state index contributed by atoms with van der Waals surface area (Å²) in [5.74, 6) is -2.03. The van der Waals surface area contributed by atoms with E-state index < -0.39 is 29.8 Å². The lowest BCUT2D eigenvalue weighted by molar-refractivity contribution is -0.138. The average Bonchev–Trinajstić information content (AvgIpc) is 2.87. The zero-order valence-corrected chi connectivity index (χ0v) is 12.9. The number of aliphatic carboxylic acids is 1. The van der Waals surface area contributed by atoms with E-state index in [0.717, 1.165) is 6.07 Å². The molecule has 2 N–H and O–H groups in total. The third-order valence-corrected chi connectivity index (χ3v) is 3.90. The minimum absolute atomic E-state index is 0.0436. The number of likely N-dealkylation sites (tertiary alicyclic amines) is 1. The molecule has 126 valence electrons. The highest BCUT2D eigenvalue weighted by Gasteiger charge is 2.37. The van der Waals surface area contributed by atoms with Crippen LogP contribution in [-0.2, 0) is 4.79 Å². The molecule has 0 radical (unpaired) electrons. The van der Waals surface area contributed by atoms with Crippen molar-refractivity contribution in [1.29, 1.82) is 0 Å². The number of carboxylic acid groups (broad SMARTS) is 1. The maximum atomic E-state index is 13.7. The lowest BCUT2D eigenvalue weighted by atomic mass is 10.2. The van der Waals surface area contributed by atoms with E-state index in [1.54, 1.807) is 7.05 Å². The van der Waals surface area contributed by atoms with E-state index in [-0.39, 0.29) is 30.9 Å². The van der Waals surface area contributed by atoms with Gasteiger partial charge in [0, 0.05) is 18.7 Å². The topological polar surface area (TPSA) is 90.3 Å². The minimum atomic E-state index is -1.01. The van der Waals surface area contributed by atoms with Crippen LogP contribution in [0, 0.1) is 5.82 Å². The van der Waals surface area contributed by atoms with Crippen LogP contribution in [0.1, 0.15) is 10.4 Å². The maximum absolute atomic E-state index is 13.7. The average molecular weight is 326 g/mol. The number of carbonyl (C=O) groups is 2. The number of aliphatic hydroxyl groups excluding tert-OH is 1. The molecular formula is C15H19FN2O5. The van der Waals surface area contributed by atoms with Crippen molar-refractivity contribution in [3.63, 3.8) is 0 Å². The molecule has 8 heteroatoms. The summed E-state index contributed by atoms with van der Waals surface area (Å²) < 4.78 is 18.5. The Hall–Kier alpha value is -2.19. The summed E-state index contributed by atoms with van der Waals surface area (Å²) in [4.78, 5) is 26.0. The molecule has 23 heavy (non-hydrogen) atoms. The van der Waals surface area contributed by atoms with Crippen molar-refractivity contribution in [3.8, 4) is 5.75 Å². The van der Waals surface area contributed by atoms with Gasteiger partial charge in [-0.05, 0) is 25.2 Å². The zero-order chi connectivity index (χ0) is 17.1. The first-order valence-corrected chi connectivity index (χ1v) is 7.06. The summed E-state index contributed by atoms with van der Waals surface area (Å²) >= 11 is 0. The standard InChI is InChI=1S/C15H19FN2O5/c1-17(8-14(20)21)11-6-18(7-12(11)19)15(22)9-3-4-13(23-2)10(16)5-9/h3-5,11-12,19H,6-8H2,1-2H3,(H,20,21)/t11-,12+/m0/s1. The van der Waals surface area contributed by atoms with Crippen LogP contribution in [0.25, 0.3) is 0 Å². The Kier molecular flexibility index (Phi) is 5.17. The fourth-order valence-corrected chi connectivity index (χ4v) is 2.68. The van der Waals surface area contributed by atoms with Gasteiger partial charge in [0.05, 0.1) is 25.8 Å². The lowest BCUT2D eigenvalue weighted by Gasteiger charge is -2.24. The number of benzene rings is 1. The molecule has 1 aromatic carbocycles. The third-order valence-electron chi connectivity index (χ3n) is 3.90. The van der Waals surface area contributed by atoms with Crippen LogP contribution < -0.4 is 4.74 Å². The number of amides is 1. The number of carboxylic acids is 1. The molecule has 1 amide bonds. The van der Waals surface area contributed by atoms with Gasteiger partial charge >= 0.3 is 5.97 Å². The van der Waals surface area contributed by atoms with Crippen molar-refractivity contribution in [1.82, 2.24) is 9.80 Å². The van der Waals surface area contributed by atoms with Crippen LogP contribution in [0.4, 0.5) is 4.39 Å². The van der Waals surface area contributed by atoms with Gasteiger partial charge in [-0.2, -0.15) is 0 Å². The van der Waals surface area contributed by atoms with Crippen LogP contribution >= 0.6 is 0 Å². The van der Waals surface area contributed by atoms with Gasteiger partial charge in [-0.25, -0.2) is 4.39 Å². The van der Waals surface area contributed by atoms with Gasteiger partial charge in [0.2, 0.25) is 0 Å². The Labute approximate surface area is 132 Å². The van der Waals surface area contributed by atoms with Gasteiger partial charge in [0.15, 0.2) is 11.6 Å². The third kappa shape index (κ3) is 3.77. The van der Waals surface area contributed by atoms with Crippen molar-refractivity contribution >= 4 is 11.9 Å². The quantitative estimate of drug-likeness (QED) is 0.794. The summed E-state index contributed by atoms with van der Waals surface area (Å²) in [5, 5.41) is 18.9. The highest BCUT2D eigenvalue weighted by Crippen LogP contribution is 2.21. The number of hydrogen-bond acceptors (Lipinski definition) is 5. The molecule has 1 fully saturated rings. The highest BCUT2D eigenvalue weighted by molar-refractivity contribution is 5.94. The Morgan fingerprint density at radius 3 is 2.70 bits per heavy atom. The molecule has 0 unspecified atom stereocenters. The molecule has 1 aromatic rings. The van der Waals surface area contributed by atoms with Crippen LogP contribution in [0.3, 0.4) is 0 Å². The zero-order valence-electron chi connectivity index (χ0n) is 12.9. The van der Waals surface area contributed by atoms with E-state index in [9.17, 15) is 19.1 Å². The van der Waals surface area contributed by atoms with Crippen LogP contribution in [-0.4, -0.2) is 77.8 Å². The second kappa shape index (κ2) is 6.93. The smallest absolute Gasteiger partial charge is 0.317 e. The van der Waals surface area contributed by atoms with Crippen molar-refractivity contribution in [2.45, 2.75) is 12.1 Å². The van der Waals surface area contributed by atoms with Gasteiger partial charge in [-0.3, -0.25) is 14.5 Å². The van der Waals surface area contributed by atoms with Crippen molar-refractivity contribution < 1.29 is 28.9 Å².